The Kier molecular flexibility index (Phi) is 6.02. The normalized spacial score (nSPS) is 12.7. The molecule has 0 aliphatic rings. The van der Waals surface area contributed by atoms with Crippen molar-refractivity contribution in [3.63, 3.8) is 0 Å². The summed E-state index contributed by atoms with van der Waals surface area (Å²) in [6, 6.07) is 0. The summed E-state index contributed by atoms with van der Waals surface area (Å²) >= 11 is 0. The van der Waals surface area contributed by atoms with E-state index in [-0.39, 0.29) is 23.5 Å². The summed E-state index contributed by atoms with van der Waals surface area (Å²) in [7, 11) is 1.45. The van der Waals surface area contributed by atoms with Gasteiger partial charge in [-0.2, -0.15) is 0 Å². The van der Waals surface area contributed by atoms with Crippen molar-refractivity contribution >= 4 is 11.5 Å². The molecule has 7 heteroatoms. The van der Waals surface area contributed by atoms with Gasteiger partial charge in [-0.15, -0.1) is 0 Å². The number of nitrogens with two attached hydrogens (primary N) is 1. The average Bonchev–Trinajstić information content (AvgIpc) is 2.40. The predicted molar refractivity (Wildman–Crippen MR) is 84.6 cm³/mol. The van der Waals surface area contributed by atoms with Crippen LogP contribution in [0.15, 0.2) is 9.59 Å². The van der Waals surface area contributed by atoms with E-state index in [2.05, 4.69) is 5.32 Å². The number of aliphatic hydroxyl groups is 1. The molecule has 120 valence electrons. The van der Waals surface area contributed by atoms with Crippen LogP contribution in [0, 0.1) is 5.92 Å². The maximum absolute atomic E-state index is 12.1. The maximum atomic E-state index is 12.1. The lowest BCUT2D eigenvalue weighted by molar-refractivity contribution is 0.183. The average molecular weight is 298 g/mol. The van der Waals surface area contributed by atoms with E-state index in [0.717, 1.165) is 4.57 Å². The molecule has 0 radical (unpaired) electrons. The Morgan fingerprint density at radius 2 is 1.90 bits per heavy atom. The minimum Gasteiger partial charge on any atom is -0.393 e. The molecule has 0 saturated carbocycles. The molecule has 1 rings (SSSR count). The number of hydrogen-bond donors (Lipinski definition) is 3. The van der Waals surface area contributed by atoms with Crippen LogP contribution in [0.2, 0.25) is 0 Å². The van der Waals surface area contributed by atoms with Gasteiger partial charge in [0.1, 0.15) is 11.5 Å². The van der Waals surface area contributed by atoms with Crippen LogP contribution in [0.3, 0.4) is 0 Å². The van der Waals surface area contributed by atoms with Crippen molar-refractivity contribution in [2.75, 3.05) is 17.6 Å². The molecule has 7 nitrogen and oxygen atoms in total. The Morgan fingerprint density at radius 1 is 1.29 bits per heavy atom. The van der Waals surface area contributed by atoms with E-state index in [9.17, 15) is 14.7 Å². The summed E-state index contributed by atoms with van der Waals surface area (Å²) in [6.45, 7) is 6.65. The van der Waals surface area contributed by atoms with Gasteiger partial charge in [-0.1, -0.05) is 13.8 Å². The van der Waals surface area contributed by atoms with Crippen molar-refractivity contribution in [2.24, 2.45) is 13.0 Å². The van der Waals surface area contributed by atoms with E-state index in [0.29, 0.717) is 25.9 Å². The van der Waals surface area contributed by atoms with Crippen LogP contribution in [-0.4, -0.2) is 26.9 Å². The third-order valence-electron chi connectivity index (χ3n) is 3.23. The first kappa shape index (κ1) is 17.3. The minimum atomic E-state index is -0.422. The Bertz CT molecular complexity index is 587. The predicted octanol–water partition coefficient (Wildman–Crippen LogP) is 0.358. The third-order valence-corrected chi connectivity index (χ3v) is 3.23. The number of anilines is 2. The monoisotopic (exact) mass is 298 g/mol. The SMILES string of the molecule is CC(C)Cn1c(N)c(NCCCC(C)O)c(=O)n(C)c1=O. The van der Waals surface area contributed by atoms with E-state index in [1.807, 2.05) is 13.8 Å². The Balaban J connectivity index is 3.06. The Morgan fingerprint density at radius 3 is 2.43 bits per heavy atom. The van der Waals surface area contributed by atoms with Gasteiger partial charge in [-0.3, -0.25) is 13.9 Å². The van der Waals surface area contributed by atoms with Crippen LogP contribution in [0.1, 0.15) is 33.6 Å². The zero-order chi connectivity index (χ0) is 16.2. The lowest BCUT2D eigenvalue weighted by Crippen LogP contribution is -2.41. The zero-order valence-electron chi connectivity index (χ0n) is 13.2. The lowest BCUT2D eigenvalue weighted by atomic mass is 10.2. The van der Waals surface area contributed by atoms with Gasteiger partial charge < -0.3 is 16.2 Å². The highest BCUT2D eigenvalue weighted by Gasteiger charge is 2.15. The quantitative estimate of drug-likeness (QED) is 0.631. The fourth-order valence-corrected chi connectivity index (χ4v) is 2.10. The molecule has 0 bridgehead atoms. The fraction of sp³-hybridized carbons (Fsp3) is 0.714. The number of nitrogens with one attached hydrogen (secondary N) is 1. The minimum absolute atomic E-state index is 0.175. The number of aromatic nitrogens is 2. The van der Waals surface area contributed by atoms with Gasteiger partial charge in [0.05, 0.1) is 6.10 Å². The van der Waals surface area contributed by atoms with E-state index in [1.54, 1.807) is 6.92 Å². The molecule has 0 aliphatic heterocycles. The summed E-state index contributed by atoms with van der Waals surface area (Å²) in [5.41, 5.74) is 5.41. The van der Waals surface area contributed by atoms with Gasteiger partial charge in [0.2, 0.25) is 0 Å². The second kappa shape index (κ2) is 7.31. The van der Waals surface area contributed by atoms with E-state index in [4.69, 9.17) is 5.73 Å². The smallest absolute Gasteiger partial charge is 0.332 e. The largest absolute Gasteiger partial charge is 0.393 e. The summed E-state index contributed by atoms with van der Waals surface area (Å²) in [4.78, 5) is 24.2. The molecule has 1 unspecified atom stereocenters. The number of rotatable bonds is 7. The van der Waals surface area contributed by atoms with Crippen LogP contribution in [0.4, 0.5) is 11.5 Å². The number of nitrogens with zero attached hydrogens (tertiary/aromatic N) is 2. The van der Waals surface area contributed by atoms with Gasteiger partial charge in [0.15, 0.2) is 0 Å². The first-order chi connectivity index (χ1) is 9.75. The highest BCUT2D eigenvalue weighted by molar-refractivity contribution is 5.60. The van der Waals surface area contributed by atoms with E-state index in [1.165, 1.54) is 11.6 Å². The van der Waals surface area contributed by atoms with Gasteiger partial charge in [0, 0.05) is 20.1 Å². The van der Waals surface area contributed by atoms with Crippen LogP contribution in [0.5, 0.6) is 0 Å². The van der Waals surface area contributed by atoms with Crippen LogP contribution in [0.25, 0.3) is 0 Å². The standard InChI is InChI=1S/C14H26N4O3/c1-9(2)8-18-12(15)11(13(20)17(4)14(18)21)16-7-5-6-10(3)19/h9-10,16,19H,5-8,15H2,1-4H3. The van der Waals surface area contributed by atoms with Gasteiger partial charge in [0.25, 0.3) is 5.56 Å². The van der Waals surface area contributed by atoms with Crippen molar-refractivity contribution in [1.82, 2.24) is 9.13 Å². The van der Waals surface area contributed by atoms with Crippen molar-refractivity contribution in [1.29, 1.82) is 0 Å². The molecule has 0 saturated heterocycles. The first-order valence-electron chi connectivity index (χ1n) is 7.27. The molecule has 0 aliphatic carbocycles. The molecule has 1 aromatic rings. The third kappa shape index (κ3) is 4.35. The zero-order valence-corrected chi connectivity index (χ0v) is 13.2. The van der Waals surface area contributed by atoms with E-state index >= 15 is 0 Å². The number of nitrogen functional groups attached to an aromatic ring is 1. The molecule has 0 fully saturated rings. The molecule has 1 aromatic heterocycles. The van der Waals surface area contributed by atoms with Gasteiger partial charge >= 0.3 is 5.69 Å². The van der Waals surface area contributed by atoms with Crippen LogP contribution >= 0.6 is 0 Å². The molecule has 0 aromatic carbocycles. The molecule has 0 spiro atoms. The highest BCUT2D eigenvalue weighted by Crippen LogP contribution is 2.12. The van der Waals surface area contributed by atoms with Crippen LogP contribution in [-0.2, 0) is 13.6 Å². The second-order valence-electron chi connectivity index (χ2n) is 5.83. The fourth-order valence-electron chi connectivity index (χ4n) is 2.10. The van der Waals surface area contributed by atoms with Crippen LogP contribution < -0.4 is 22.3 Å². The summed E-state index contributed by atoms with van der Waals surface area (Å²) in [6.07, 6.45) is 0.976. The molecular formula is C14H26N4O3. The first-order valence-corrected chi connectivity index (χ1v) is 7.27. The van der Waals surface area contributed by atoms with Crippen molar-refractivity contribution in [3.05, 3.63) is 20.8 Å². The molecule has 1 heterocycles. The Labute approximate surface area is 124 Å². The maximum Gasteiger partial charge on any atom is 0.332 e. The summed E-state index contributed by atoms with van der Waals surface area (Å²) in [5, 5.41) is 12.2. The Hall–Kier alpha value is -1.76. The van der Waals surface area contributed by atoms with Crippen molar-refractivity contribution in [2.45, 2.75) is 46.3 Å². The topological polar surface area (TPSA) is 102 Å². The molecule has 1 atom stereocenters. The number of hydrogen-bond acceptors (Lipinski definition) is 5. The molecule has 21 heavy (non-hydrogen) atoms. The van der Waals surface area contributed by atoms with Gasteiger partial charge in [-0.05, 0) is 25.7 Å². The second-order valence-corrected chi connectivity index (χ2v) is 5.83. The van der Waals surface area contributed by atoms with Crippen molar-refractivity contribution in [3.8, 4) is 0 Å². The van der Waals surface area contributed by atoms with Crippen molar-refractivity contribution < 1.29 is 5.11 Å². The summed E-state index contributed by atoms with van der Waals surface area (Å²) < 4.78 is 2.48. The molecular weight excluding hydrogens is 272 g/mol. The molecule has 0 amide bonds. The number of aliphatic hydroxyl groups excluding tert-OH is 1. The molecule has 4 N–H and O–H groups in total. The van der Waals surface area contributed by atoms with E-state index < -0.39 is 11.2 Å². The highest BCUT2D eigenvalue weighted by atomic mass is 16.3. The van der Waals surface area contributed by atoms with Gasteiger partial charge in [-0.25, -0.2) is 4.79 Å². The summed E-state index contributed by atoms with van der Waals surface area (Å²) in [5.74, 6) is 0.416. The lowest BCUT2D eigenvalue weighted by Gasteiger charge is -2.17.